The van der Waals surface area contributed by atoms with Gasteiger partial charge in [-0.2, -0.15) is 0 Å². The maximum absolute atomic E-state index is 11.0. The van der Waals surface area contributed by atoms with E-state index in [4.69, 9.17) is 10.5 Å². The lowest BCUT2D eigenvalue weighted by molar-refractivity contribution is -0.114. The third kappa shape index (κ3) is 3.37. The van der Waals surface area contributed by atoms with Crippen LogP contribution in [0.5, 0.6) is 5.75 Å². The summed E-state index contributed by atoms with van der Waals surface area (Å²) in [6.07, 6.45) is 3.08. The van der Waals surface area contributed by atoms with E-state index in [1.54, 1.807) is 30.6 Å². The molecule has 118 valence electrons. The summed E-state index contributed by atoms with van der Waals surface area (Å²) in [5, 5.41) is 2.70. The molecule has 0 aliphatic carbocycles. The molecule has 0 saturated heterocycles. The summed E-state index contributed by atoms with van der Waals surface area (Å²) in [5.74, 6) is 0.979. The molecule has 0 radical (unpaired) electrons. The first-order valence-electron chi connectivity index (χ1n) is 7.05. The van der Waals surface area contributed by atoms with Crippen molar-refractivity contribution in [3.63, 3.8) is 0 Å². The van der Waals surface area contributed by atoms with E-state index in [0.717, 1.165) is 11.4 Å². The predicted molar refractivity (Wildman–Crippen MR) is 86.0 cm³/mol. The summed E-state index contributed by atoms with van der Waals surface area (Å²) in [5.41, 5.74) is 7.76. The van der Waals surface area contributed by atoms with Gasteiger partial charge in [-0.05, 0) is 24.3 Å². The van der Waals surface area contributed by atoms with Crippen LogP contribution in [-0.4, -0.2) is 32.0 Å². The average molecular weight is 312 g/mol. The van der Waals surface area contributed by atoms with Crippen LogP contribution in [0, 0.1) is 0 Å². The molecular formula is C15H16N6O2. The number of hydrogen-bond donors (Lipinski definition) is 2. The number of nitrogens with zero attached hydrogens (tertiary/aromatic N) is 4. The summed E-state index contributed by atoms with van der Waals surface area (Å²) in [4.78, 5) is 23.2. The second kappa shape index (κ2) is 6.30. The smallest absolute Gasteiger partial charge is 0.221 e. The average Bonchev–Trinajstić information content (AvgIpc) is 2.93. The van der Waals surface area contributed by atoms with Crippen LogP contribution in [0.1, 0.15) is 6.92 Å². The summed E-state index contributed by atoms with van der Waals surface area (Å²) in [7, 11) is 0. The van der Waals surface area contributed by atoms with Crippen LogP contribution in [0.4, 0.5) is 11.5 Å². The van der Waals surface area contributed by atoms with Crippen molar-refractivity contribution in [1.82, 2.24) is 19.5 Å². The van der Waals surface area contributed by atoms with E-state index in [2.05, 4.69) is 20.3 Å². The van der Waals surface area contributed by atoms with Crippen LogP contribution in [-0.2, 0) is 11.3 Å². The van der Waals surface area contributed by atoms with Crippen LogP contribution < -0.4 is 15.8 Å². The molecule has 1 aromatic carbocycles. The summed E-state index contributed by atoms with van der Waals surface area (Å²) < 4.78 is 7.54. The quantitative estimate of drug-likeness (QED) is 0.738. The van der Waals surface area contributed by atoms with Crippen molar-refractivity contribution in [1.29, 1.82) is 0 Å². The summed E-state index contributed by atoms with van der Waals surface area (Å²) in [6, 6.07) is 7.18. The van der Waals surface area contributed by atoms with E-state index in [1.165, 1.54) is 13.3 Å². The molecule has 3 N–H and O–H groups in total. The Morgan fingerprint density at radius 1 is 1.26 bits per heavy atom. The van der Waals surface area contributed by atoms with Crippen molar-refractivity contribution < 1.29 is 9.53 Å². The number of nitrogens with one attached hydrogen (secondary N) is 1. The number of fused-ring (bicyclic) bond motifs is 1. The number of aromatic nitrogens is 4. The van der Waals surface area contributed by atoms with Gasteiger partial charge in [-0.3, -0.25) is 4.79 Å². The van der Waals surface area contributed by atoms with Crippen molar-refractivity contribution in [2.75, 3.05) is 17.7 Å². The number of ether oxygens (including phenoxy) is 1. The molecular weight excluding hydrogens is 296 g/mol. The van der Waals surface area contributed by atoms with Gasteiger partial charge in [-0.25, -0.2) is 15.0 Å². The lowest BCUT2D eigenvalue weighted by Gasteiger charge is -2.08. The van der Waals surface area contributed by atoms with Crippen LogP contribution >= 0.6 is 0 Å². The van der Waals surface area contributed by atoms with E-state index in [1.807, 2.05) is 4.57 Å². The molecule has 0 atom stereocenters. The first kappa shape index (κ1) is 14.8. The van der Waals surface area contributed by atoms with Gasteiger partial charge in [0, 0.05) is 12.6 Å². The zero-order valence-electron chi connectivity index (χ0n) is 12.6. The van der Waals surface area contributed by atoms with Gasteiger partial charge in [-0.15, -0.1) is 0 Å². The zero-order chi connectivity index (χ0) is 16.2. The lowest BCUT2D eigenvalue weighted by Crippen LogP contribution is -2.08. The van der Waals surface area contributed by atoms with Crippen molar-refractivity contribution in [3.8, 4) is 5.75 Å². The second-order valence-corrected chi connectivity index (χ2v) is 4.92. The third-order valence-corrected chi connectivity index (χ3v) is 3.21. The van der Waals surface area contributed by atoms with Crippen molar-refractivity contribution in [2.45, 2.75) is 13.5 Å². The molecule has 1 amide bonds. The first-order chi connectivity index (χ1) is 11.1. The number of rotatable bonds is 5. The summed E-state index contributed by atoms with van der Waals surface area (Å²) in [6.45, 7) is 2.51. The molecule has 8 heteroatoms. The van der Waals surface area contributed by atoms with Crippen molar-refractivity contribution in [3.05, 3.63) is 36.9 Å². The number of nitrogen functional groups attached to an aromatic ring is 1. The maximum atomic E-state index is 11.0. The third-order valence-electron chi connectivity index (χ3n) is 3.21. The highest BCUT2D eigenvalue weighted by Crippen LogP contribution is 2.17. The van der Waals surface area contributed by atoms with Crippen LogP contribution in [0.3, 0.4) is 0 Å². The highest BCUT2D eigenvalue weighted by Gasteiger charge is 2.07. The highest BCUT2D eigenvalue weighted by atomic mass is 16.5. The second-order valence-electron chi connectivity index (χ2n) is 4.92. The molecule has 0 spiro atoms. The van der Waals surface area contributed by atoms with E-state index in [0.29, 0.717) is 30.1 Å². The molecule has 0 bridgehead atoms. The molecule has 3 aromatic rings. The lowest BCUT2D eigenvalue weighted by atomic mass is 10.3. The minimum Gasteiger partial charge on any atom is -0.492 e. The SMILES string of the molecule is CC(=O)Nc1ccc(OCCn2cnc3c(N)ncnc32)cc1. The molecule has 0 saturated carbocycles. The summed E-state index contributed by atoms with van der Waals surface area (Å²) >= 11 is 0. The standard InChI is InChI=1S/C15H16N6O2/c1-10(22)20-11-2-4-12(5-3-11)23-7-6-21-9-19-13-14(16)17-8-18-15(13)21/h2-5,8-9H,6-7H2,1H3,(H,20,22)(H2,16,17,18). The fourth-order valence-corrected chi connectivity index (χ4v) is 2.16. The Morgan fingerprint density at radius 2 is 2.04 bits per heavy atom. The van der Waals surface area contributed by atoms with Gasteiger partial charge in [0.15, 0.2) is 11.5 Å². The monoisotopic (exact) mass is 312 g/mol. The minimum absolute atomic E-state index is 0.105. The van der Waals surface area contributed by atoms with Crippen LogP contribution in [0.25, 0.3) is 11.2 Å². The van der Waals surface area contributed by atoms with Crippen LogP contribution in [0.2, 0.25) is 0 Å². The number of imidazole rings is 1. The Hall–Kier alpha value is -3.16. The van der Waals surface area contributed by atoms with Gasteiger partial charge in [0.25, 0.3) is 0 Å². The number of nitrogens with two attached hydrogens (primary N) is 1. The molecule has 0 aliphatic heterocycles. The fourth-order valence-electron chi connectivity index (χ4n) is 2.16. The molecule has 2 aromatic heterocycles. The Morgan fingerprint density at radius 3 is 2.78 bits per heavy atom. The van der Waals surface area contributed by atoms with E-state index in [-0.39, 0.29) is 5.91 Å². The number of carbonyl (C=O) groups excluding carboxylic acids is 1. The van der Waals surface area contributed by atoms with Gasteiger partial charge in [0.1, 0.15) is 24.2 Å². The van der Waals surface area contributed by atoms with E-state index >= 15 is 0 Å². The minimum atomic E-state index is -0.105. The van der Waals surface area contributed by atoms with Gasteiger partial charge in [0.05, 0.1) is 12.9 Å². The first-order valence-corrected chi connectivity index (χ1v) is 7.05. The number of anilines is 2. The highest BCUT2D eigenvalue weighted by molar-refractivity contribution is 5.88. The van der Waals surface area contributed by atoms with Gasteiger partial charge < -0.3 is 20.4 Å². The number of hydrogen-bond acceptors (Lipinski definition) is 6. The number of carbonyl (C=O) groups is 1. The molecule has 0 aliphatic rings. The maximum Gasteiger partial charge on any atom is 0.221 e. The normalized spacial score (nSPS) is 10.7. The van der Waals surface area contributed by atoms with E-state index in [9.17, 15) is 4.79 Å². The topological polar surface area (TPSA) is 108 Å². The largest absolute Gasteiger partial charge is 0.492 e. The Bertz CT molecular complexity index is 828. The Balaban J connectivity index is 1.60. The molecule has 23 heavy (non-hydrogen) atoms. The molecule has 0 unspecified atom stereocenters. The van der Waals surface area contributed by atoms with Crippen molar-refractivity contribution in [2.24, 2.45) is 0 Å². The van der Waals surface area contributed by atoms with Gasteiger partial charge >= 0.3 is 0 Å². The Kier molecular flexibility index (Phi) is 4.05. The predicted octanol–water partition coefficient (Wildman–Crippen LogP) is 1.45. The fraction of sp³-hybridized carbons (Fsp3) is 0.200. The molecule has 2 heterocycles. The number of benzene rings is 1. The molecule has 0 fully saturated rings. The van der Waals surface area contributed by atoms with Crippen LogP contribution in [0.15, 0.2) is 36.9 Å². The molecule has 3 rings (SSSR count). The molecule has 8 nitrogen and oxygen atoms in total. The van der Waals surface area contributed by atoms with Gasteiger partial charge in [0.2, 0.25) is 5.91 Å². The van der Waals surface area contributed by atoms with E-state index < -0.39 is 0 Å². The number of amides is 1. The Labute approximate surface area is 132 Å². The zero-order valence-corrected chi connectivity index (χ0v) is 12.6. The van der Waals surface area contributed by atoms with Crippen molar-refractivity contribution >= 4 is 28.6 Å². The van der Waals surface area contributed by atoms with Gasteiger partial charge in [-0.1, -0.05) is 0 Å².